The van der Waals surface area contributed by atoms with Gasteiger partial charge in [0.2, 0.25) is 5.91 Å². The smallest absolute Gasteiger partial charge is 0.246 e. The molecule has 0 atom stereocenters. The maximum atomic E-state index is 12.7. The van der Waals surface area contributed by atoms with Gasteiger partial charge in [-0.2, -0.15) is 0 Å². The minimum absolute atomic E-state index is 0.0130. The van der Waals surface area contributed by atoms with Crippen molar-refractivity contribution >= 4 is 23.6 Å². The Morgan fingerprint density at radius 2 is 2.09 bits per heavy atom. The molecule has 1 aromatic heterocycles. The van der Waals surface area contributed by atoms with Gasteiger partial charge in [-0.25, -0.2) is 0 Å². The number of ether oxygens (including phenoxy) is 2. The summed E-state index contributed by atoms with van der Waals surface area (Å²) in [5.74, 6) is 1.06. The zero-order chi connectivity index (χ0) is 22.9. The summed E-state index contributed by atoms with van der Waals surface area (Å²) in [5, 5.41) is 0.463. The Hall–Kier alpha value is -2.57. The van der Waals surface area contributed by atoms with Gasteiger partial charge in [-0.05, 0) is 55.7 Å². The maximum Gasteiger partial charge on any atom is 0.246 e. The molecule has 2 aromatic rings. The van der Waals surface area contributed by atoms with Crippen LogP contribution >= 0.6 is 11.6 Å². The molecule has 0 saturated carbocycles. The zero-order valence-electron chi connectivity index (χ0n) is 19.1. The molecule has 6 nitrogen and oxygen atoms in total. The molecular weight excluding hydrogens is 426 g/mol. The number of rotatable bonds is 9. The Bertz CT molecular complexity index is 912. The normalized spacial score (nSPS) is 15.1. The van der Waals surface area contributed by atoms with E-state index in [0.29, 0.717) is 23.1 Å². The highest BCUT2D eigenvalue weighted by Gasteiger charge is 2.24. The molecule has 0 N–H and O–H groups in total. The lowest BCUT2D eigenvalue weighted by Gasteiger charge is -2.36. The number of carbonyl (C=O) groups excluding carboxylic acids is 1. The van der Waals surface area contributed by atoms with Crippen LogP contribution in [0.25, 0.3) is 6.08 Å². The van der Waals surface area contributed by atoms with E-state index >= 15 is 0 Å². The number of carbonyl (C=O) groups is 1. The highest BCUT2D eigenvalue weighted by Crippen LogP contribution is 2.36. The van der Waals surface area contributed by atoms with Crippen LogP contribution in [0.15, 0.2) is 42.6 Å². The minimum atomic E-state index is -0.0130. The molecule has 0 radical (unpaired) electrons. The Morgan fingerprint density at radius 3 is 2.75 bits per heavy atom. The Labute approximate surface area is 195 Å². The lowest BCUT2D eigenvalue weighted by Crippen LogP contribution is -2.45. The van der Waals surface area contributed by atoms with Crippen molar-refractivity contribution in [3.63, 3.8) is 0 Å². The first-order chi connectivity index (χ1) is 15.5. The molecular formula is C25H32ClN3O3. The van der Waals surface area contributed by atoms with Crippen molar-refractivity contribution in [2.45, 2.75) is 32.2 Å². The van der Waals surface area contributed by atoms with Crippen LogP contribution in [0.1, 0.15) is 31.0 Å². The van der Waals surface area contributed by atoms with Gasteiger partial charge in [0.15, 0.2) is 11.5 Å². The van der Waals surface area contributed by atoms with Crippen LogP contribution in [0, 0.1) is 0 Å². The molecule has 0 aliphatic carbocycles. The van der Waals surface area contributed by atoms with Crippen molar-refractivity contribution in [3.8, 4) is 11.5 Å². The molecule has 0 unspecified atom stereocenters. The molecule has 3 rings (SSSR count). The fraction of sp³-hybridized carbons (Fsp3) is 0.440. The Balaban J connectivity index is 1.51. The van der Waals surface area contributed by atoms with Gasteiger partial charge in [-0.1, -0.05) is 17.7 Å². The van der Waals surface area contributed by atoms with Gasteiger partial charge in [0.1, 0.15) is 0 Å². The number of aromatic nitrogens is 1. The third-order valence-corrected chi connectivity index (χ3v) is 6.10. The van der Waals surface area contributed by atoms with E-state index in [4.69, 9.17) is 21.1 Å². The monoisotopic (exact) mass is 457 g/mol. The van der Waals surface area contributed by atoms with Crippen molar-refractivity contribution in [1.29, 1.82) is 0 Å². The van der Waals surface area contributed by atoms with Gasteiger partial charge >= 0.3 is 0 Å². The van der Waals surface area contributed by atoms with Crippen molar-refractivity contribution in [2.24, 2.45) is 0 Å². The van der Waals surface area contributed by atoms with Gasteiger partial charge in [0.05, 0.1) is 18.7 Å². The number of likely N-dealkylation sites (N-methyl/N-ethyl adjacent to an activating group) is 1. The average molecular weight is 458 g/mol. The molecule has 7 heteroatoms. The van der Waals surface area contributed by atoms with E-state index in [1.807, 2.05) is 43.3 Å². The first-order valence-corrected chi connectivity index (χ1v) is 11.5. The van der Waals surface area contributed by atoms with Gasteiger partial charge in [-0.3, -0.25) is 9.78 Å². The summed E-state index contributed by atoms with van der Waals surface area (Å²) in [6.07, 6.45) is 8.11. The SMILES string of the molecule is CCOc1c(Cl)cc(/C=C/C(=O)N(C)C2CCN(CCc3ccccn3)CC2)cc1OC. The summed E-state index contributed by atoms with van der Waals surface area (Å²) < 4.78 is 10.9. The minimum Gasteiger partial charge on any atom is -0.493 e. The fourth-order valence-corrected chi connectivity index (χ4v) is 4.21. The lowest BCUT2D eigenvalue weighted by molar-refractivity contribution is -0.127. The molecule has 1 aliphatic heterocycles. The van der Waals surface area contributed by atoms with E-state index in [-0.39, 0.29) is 11.9 Å². The summed E-state index contributed by atoms with van der Waals surface area (Å²) in [4.78, 5) is 21.4. The first kappa shape index (κ1) is 24.1. The Kier molecular flexibility index (Phi) is 8.94. The van der Waals surface area contributed by atoms with E-state index in [0.717, 1.165) is 50.2 Å². The number of benzene rings is 1. The van der Waals surface area contributed by atoms with Crippen LogP contribution in [-0.4, -0.2) is 67.1 Å². The number of nitrogens with zero attached hydrogens (tertiary/aromatic N) is 3. The number of hydrogen-bond donors (Lipinski definition) is 0. The molecule has 32 heavy (non-hydrogen) atoms. The van der Waals surface area contributed by atoms with Crippen LogP contribution < -0.4 is 9.47 Å². The second kappa shape index (κ2) is 11.9. The average Bonchev–Trinajstić information content (AvgIpc) is 2.83. The first-order valence-electron chi connectivity index (χ1n) is 11.1. The second-order valence-corrected chi connectivity index (χ2v) is 8.30. The molecule has 1 saturated heterocycles. The summed E-state index contributed by atoms with van der Waals surface area (Å²) >= 11 is 6.33. The van der Waals surface area contributed by atoms with Gasteiger partial charge in [0.25, 0.3) is 0 Å². The second-order valence-electron chi connectivity index (χ2n) is 7.89. The standard InChI is InChI=1S/C25H32ClN3O3/c1-4-32-25-22(26)17-19(18-23(25)31-3)8-9-24(30)28(2)21-11-15-29(16-12-21)14-10-20-7-5-6-13-27-20/h5-9,13,17-18,21H,4,10-12,14-16H2,1-3H3/b9-8+. The van der Waals surface area contributed by atoms with Crippen LogP contribution in [0.2, 0.25) is 5.02 Å². The molecule has 1 amide bonds. The number of pyridine rings is 1. The van der Waals surface area contributed by atoms with Crippen molar-refractivity contribution in [1.82, 2.24) is 14.8 Å². The van der Waals surface area contributed by atoms with Crippen LogP contribution in [0.3, 0.4) is 0 Å². The fourth-order valence-electron chi connectivity index (χ4n) is 3.93. The summed E-state index contributed by atoms with van der Waals surface area (Å²) in [6, 6.07) is 9.88. The van der Waals surface area contributed by atoms with Gasteiger partial charge < -0.3 is 19.3 Å². The lowest BCUT2D eigenvalue weighted by atomic mass is 10.0. The van der Waals surface area contributed by atoms with Crippen LogP contribution in [0.5, 0.6) is 11.5 Å². The van der Waals surface area contributed by atoms with Crippen molar-refractivity contribution in [2.75, 3.05) is 40.4 Å². The predicted molar refractivity (Wildman–Crippen MR) is 128 cm³/mol. The summed E-state index contributed by atoms with van der Waals surface area (Å²) in [7, 11) is 3.45. The summed E-state index contributed by atoms with van der Waals surface area (Å²) in [6.45, 7) is 5.37. The van der Waals surface area contributed by atoms with Crippen LogP contribution in [-0.2, 0) is 11.2 Å². The van der Waals surface area contributed by atoms with Crippen LogP contribution in [0.4, 0.5) is 0 Å². The number of hydrogen-bond acceptors (Lipinski definition) is 5. The third-order valence-electron chi connectivity index (χ3n) is 5.82. The summed E-state index contributed by atoms with van der Waals surface area (Å²) in [5.41, 5.74) is 1.92. The molecule has 2 heterocycles. The molecule has 1 aliphatic rings. The number of piperidine rings is 1. The quantitative estimate of drug-likeness (QED) is 0.525. The number of halogens is 1. The highest BCUT2D eigenvalue weighted by atomic mass is 35.5. The maximum absolute atomic E-state index is 12.7. The largest absolute Gasteiger partial charge is 0.493 e. The third kappa shape index (κ3) is 6.47. The number of methoxy groups -OCH3 is 1. The molecule has 0 spiro atoms. The van der Waals surface area contributed by atoms with Crippen molar-refractivity contribution in [3.05, 3.63) is 58.9 Å². The highest BCUT2D eigenvalue weighted by molar-refractivity contribution is 6.32. The van der Waals surface area contributed by atoms with Gasteiger partial charge in [-0.15, -0.1) is 0 Å². The van der Waals surface area contributed by atoms with E-state index in [1.165, 1.54) is 0 Å². The van der Waals surface area contributed by atoms with Crippen molar-refractivity contribution < 1.29 is 14.3 Å². The van der Waals surface area contributed by atoms with E-state index in [2.05, 4.69) is 16.0 Å². The van der Waals surface area contributed by atoms with Gasteiger partial charge in [0, 0.05) is 57.1 Å². The number of likely N-dealkylation sites (tertiary alicyclic amines) is 1. The molecule has 0 bridgehead atoms. The molecule has 172 valence electrons. The van der Waals surface area contributed by atoms with E-state index in [1.54, 1.807) is 25.3 Å². The topological polar surface area (TPSA) is 54.9 Å². The van der Waals surface area contributed by atoms with E-state index < -0.39 is 0 Å². The molecule has 1 fully saturated rings. The number of amides is 1. The molecule has 1 aromatic carbocycles. The Morgan fingerprint density at radius 1 is 1.31 bits per heavy atom. The zero-order valence-corrected chi connectivity index (χ0v) is 19.8. The predicted octanol–water partition coefficient (Wildman–Crippen LogP) is 4.32. The van der Waals surface area contributed by atoms with E-state index in [9.17, 15) is 4.79 Å².